The molecule has 236 valence electrons. The van der Waals surface area contributed by atoms with Gasteiger partial charge in [-0.05, 0) is 73.0 Å². The summed E-state index contributed by atoms with van der Waals surface area (Å²) in [4.78, 5) is 29.7. The Morgan fingerprint density at radius 1 is 0.822 bits per heavy atom. The maximum atomic E-state index is 14.5. The second kappa shape index (κ2) is 15.6. The molecule has 0 bridgehead atoms. The predicted molar refractivity (Wildman–Crippen MR) is 181 cm³/mol. The average molecular weight is 687 g/mol. The minimum atomic E-state index is -4.23. The highest BCUT2D eigenvalue weighted by atomic mass is 35.5. The Morgan fingerprint density at radius 2 is 1.42 bits per heavy atom. The van der Waals surface area contributed by atoms with Crippen LogP contribution in [0.4, 0.5) is 5.69 Å². The Labute approximate surface area is 279 Å². The molecule has 0 radical (unpaired) electrons. The fourth-order valence-electron chi connectivity index (χ4n) is 4.69. The first kappa shape index (κ1) is 34.3. The van der Waals surface area contributed by atoms with Gasteiger partial charge in [0.2, 0.25) is 11.8 Å². The van der Waals surface area contributed by atoms with Gasteiger partial charge in [0.1, 0.15) is 12.6 Å². The number of nitrogens with zero attached hydrogens (tertiary/aromatic N) is 2. The number of hydrogen-bond acceptors (Lipinski definition) is 4. The molecule has 0 aliphatic heterocycles. The smallest absolute Gasteiger partial charge is 0.264 e. The molecule has 0 aromatic heterocycles. The number of hydrogen-bond donors (Lipinski definition) is 1. The van der Waals surface area contributed by atoms with Crippen LogP contribution in [0.15, 0.2) is 108 Å². The van der Waals surface area contributed by atoms with Crippen molar-refractivity contribution in [1.82, 2.24) is 10.2 Å². The molecule has 0 fully saturated rings. The van der Waals surface area contributed by atoms with Crippen LogP contribution in [0.5, 0.6) is 0 Å². The van der Waals surface area contributed by atoms with Crippen LogP contribution in [-0.4, -0.2) is 43.8 Å². The first-order valence-electron chi connectivity index (χ1n) is 14.4. The van der Waals surface area contributed by atoms with E-state index >= 15 is 0 Å². The van der Waals surface area contributed by atoms with Gasteiger partial charge < -0.3 is 10.2 Å². The zero-order valence-electron chi connectivity index (χ0n) is 24.9. The zero-order valence-corrected chi connectivity index (χ0v) is 28.0. The number of halogens is 3. The second-order valence-electron chi connectivity index (χ2n) is 10.6. The molecule has 0 spiro atoms. The fourth-order valence-corrected chi connectivity index (χ4v) is 6.69. The van der Waals surface area contributed by atoms with Crippen LogP contribution in [0, 0.1) is 0 Å². The van der Waals surface area contributed by atoms with Gasteiger partial charge in [0.15, 0.2) is 0 Å². The molecule has 2 amide bonds. The summed E-state index contributed by atoms with van der Waals surface area (Å²) in [5.41, 5.74) is 1.67. The lowest BCUT2D eigenvalue weighted by atomic mass is 10.0. The molecule has 45 heavy (non-hydrogen) atoms. The van der Waals surface area contributed by atoms with Crippen LogP contribution in [-0.2, 0) is 32.6 Å². The molecular weight excluding hydrogens is 653 g/mol. The van der Waals surface area contributed by atoms with Crippen molar-refractivity contribution in [2.24, 2.45) is 0 Å². The van der Waals surface area contributed by atoms with Crippen LogP contribution in [0.25, 0.3) is 0 Å². The Bertz CT molecular complexity index is 1710. The lowest BCUT2D eigenvalue weighted by Gasteiger charge is -2.34. The summed E-state index contributed by atoms with van der Waals surface area (Å²) in [5.74, 6) is -0.957. The first-order valence-corrected chi connectivity index (χ1v) is 17.0. The van der Waals surface area contributed by atoms with Crippen molar-refractivity contribution in [3.8, 4) is 0 Å². The van der Waals surface area contributed by atoms with Crippen LogP contribution in [0.3, 0.4) is 0 Å². The maximum absolute atomic E-state index is 14.5. The van der Waals surface area contributed by atoms with Crippen molar-refractivity contribution >= 4 is 62.3 Å². The van der Waals surface area contributed by atoms with Gasteiger partial charge in [-0.3, -0.25) is 13.9 Å². The van der Waals surface area contributed by atoms with Crippen molar-refractivity contribution in [2.45, 2.75) is 50.2 Å². The number of amides is 2. The van der Waals surface area contributed by atoms with Crippen molar-refractivity contribution in [3.05, 3.63) is 129 Å². The van der Waals surface area contributed by atoms with Crippen molar-refractivity contribution in [3.63, 3.8) is 0 Å². The minimum Gasteiger partial charge on any atom is -0.352 e. The maximum Gasteiger partial charge on any atom is 0.264 e. The number of anilines is 1. The zero-order chi connectivity index (χ0) is 32.6. The highest BCUT2D eigenvalue weighted by Crippen LogP contribution is 2.27. The fraction of sp³-hybridized carbons (Fsp3) is 0.235. The summed E-state index contributed by atoms with van der Waals surface area (Å²) in [6.45, 7) is 3.19. The Hall–Kier alpha value is -3.56. The summed E-state index contributed by atoms with van der Waals surface area (Å²) >= 11 is 18.7. The van der Waals surface area contributed by atoms with Gasteiger partial charge >= 0.3 is 0 Å². The number of para-hydroxylation sites is 1. The van der Waals surface area contributed by atoms with Crippen molar-refractivity contribution in [1.29, 1.82) is 0 Å². The van der Waals surface area contributed by atoms with Crippen molar-refractivity contribution < 1.29 is 18.0 Å². The van der Waals surface area contributed by atoms with E-state index in [1.165, 1.54) is 29.2 Å². The van der Waals surface area contributed by atoms with E-state index in [0.717, 1.165) is 9.87 Å². The molecule has 4 aromatic rings. The highest BCUT2D eigenvalue weighted by molar-refractivity contribution is 7.92. The third-order valence-corrected chi connectivity index (χ3v) is 9.98. The number of carbonyl (C=O) groups excluding carboxylic acids is 2. The molecule has 4 aromatic carbocycles. The van der Waals surface area contributed by atoms with Gasteiger partial charge in [-0.2, -0.15) is 0 Å². The third kappa shape index (κ3) is 9.01. The van der Waals surface area contributed by atoms with Gasteiger partial charge in [-0.15, -0.1) is 0 Å². The summed E-state index contributed by atoms with van der Waals surface area (Å²) in [7, 11) is -4.23. The Balaban J connectivity index is 1.81. The van der Waals surface area contributed by atoms with Crippen LogP contribution >= 0.6 is 34.8 Å². The Kier molecular flexibility index (Phi) is 11.9. The summed E-state index contributed by atoms with van der Waals surface area (Å²) in [6, 6.07) is 27.2. The van der Waals surface area contributed by atoms with E-state index < -0.39 is 28.5 Å². The highest BCUT2D eigenvalue weighted by Gasteiger charge is 2.35. The average Bonchev–Trinajstić information content (AvgIpc) is 3.03. The lowest BCUT2D eigenvalue weighted by molar-refractivity contribution is -0.140. The van der Waals surface area contributed by atoms with Crippen molar-refractivity contribution in [2.75, 3.05) is 10.8 Å². The quantitative estimate of drug-likeness (QED) is 0.159. The molecule has 0 saturated heterocycles. The van der Waals surface area contributed by atoms with Gasteiger partial charge in [0.05, 0.1) is 10.6 Å². The SMILES string of the molecule is CC[C@@H](C)NC(=O)[C@@H](Cc1ccccc1)N(Cc1ccc(Cl)cc1Cl)C(=O)CN(c1ccccc1)S(=O)(=O)c1ccc(Cl)cc1. The Morgan fingerprint density at radius 3 is 2.02 bits per heavy atom. The largest absolute Gasteiger partial charge is 0.352 e. The molecule has 11 heteroatoms. The molecular formula is C34H34Cl3N3O4S. The molecule has 2 atom stereocenters. The summed E-state index contributed by atoms with van der Waals surface area (Å²) in [5, 5.41) is 4.12. The molecule has 0 aliphatic rings. The first-order chi connectivity index (χ1) is 21.5. The van der Waals surface area contributed by atoms with Crippen LogP contribution in [0.2, 0.25) is 15.1 Å². The van der Waals surface area contributed by atoms with Gasteiger partial charge in [-0.25, -0.2) is 8.42 Å². The topological polar surface area (TPSA) is 86.8 Å². The normalized spacial score (nSPS) is 12.6. The molecule has 0 saturated carbocycles. The van der Waals surface area contributed by atoms with Gasteiger partial charge in [0, 0.05) is 34.1 Å². The molecule has 4 rings (SSSR count). The number of rotatable bonds is 13. The van der Waals surface area contributed by atoms with E-state index in [1.54, 1.807) is 48.5 Å². The number of sulfonamides is 1. The third-order valence-electron chi connectivity index (χ3n) is 7.35. The number of benzene rings is 4. The number of carbonyl (C=O) groups is 2. The standard InChI is InChI=1S/C34H34Cl3N3O4S/c1-3-24(2)38-34(42)32(20-25-10-6-4-7-11-25)39(22-26-14-15-28(36)21-31(26)37)33(41)23-40(29-12-8-5-9-13-29)45(43,44)30-18-16-27(35)17-19-30/h4-19,21,24,32H,3,20,22-23H2,1-2H3,(H,38,42)/t24-,32-/m1/s1. The van der Waals surface area contributed by atoms with E-state index in [0.29, 0.717) is 27.1 Å². The van der Waals surface area contributed by atoms with Crippen LogP contribution < -0.4 is 9.62 Å². The second-order valence-corrected chi connectivity index (χ2v) is 13.7. The summed E-state index contributed by atoms with van der Waals surface area (Å²) in [6.07, 6.45) is 0.872. The van der Waals surface area contributed by atoms with Gasteiger partial charge in [-0.1, -0.05) is 96.3 Å². The minimum absolute atomic E-state index is 0.0359. The molecule has 7 nitrogen and oxygen atoms in total. The van der Waals surface area contributed by atoms with Gasteiger partial charge in [0.25, 0.3) is 10.0 Å². The van der Waals surface area contributed by atoms with E-state index in [1.807, 2.05) is 44.2 Å². The molecule has 1 N–H and O–H groups in total. The van der Waals surface area contributed by atoms with Crippen LogP contribution in [0.1, 0.15) is 31.4 Å². The summed E-state index contributed by atoms with van der Waals surface area (Å²) < 4.78 is 29.1. The molecule has 0 unspecified atom stereocenters. The predicted octanol–water partition coefficient (Wildman–Crippen LogP) is 7.40. The molecule has 0 heterocycles. The van der Waals surface area contributed by atoms with E-state index in [-0.39, 0.29) is 35.5 Å². The molecule has 0 aliphatic carbocycles. The lowest BCUT2D eigenvalue weighted by Crippen LogP contribution is -2.54. The van der Waals surface area contributed by atoms with E-state index in [9.17, 15) is 18.0 Å². The number of nitrogens with one attached hydrogen (secondary N) is 1. The van der Waals surface area contributed by atoms with E-state index in [2.05, 4.69) is 5.32 Å². The monoisotopic (exact) mass is 685 g/mol. The van der Waals surface area contributed by atoms with E-state index in [4.69, 9.17) is 34.8 Å².